The first-order valence-corrected chi connectivity index (χ1v) is 47.0. The van der Waals surface area contributed by atoms with Gasteiger partial charge in [-0.3, -0.25) is 27.7 Å². The SMILES string of the molecule is CCCCCCCCCCCCCCN[C@H](COCC[C@@H](CCCCCCC)OC(=O)CCCCCCCCCCC)COP(=O)(O)OCCNC(=O)NCCOP(=O)(O)OC[C@@H](COCC[C@@H](CCCCCCC)OC(=O)CCCCCCCCCCC)NCCCCCCCCCCCCCC. The van der Waals surface area contributed by atoms with Crippen LogP contribution in [0.4, 0.5) is 4.79 Å². The highest BCUT2D eigenvalue weighted by molar-refractivity contribution is 7.47. The van der Waals surface area contributed by atoms with Gasteiger partial charge in [0.15, 0.2) is 0 Å². The van der Waals surface area contributed by atoms with E-state index < -0.39 is 33.8 Å². The van der Waals surface area contributed by atoms with Crippen LogP contribution >= 0.6 is 15.6 Å². The summed E-state index contributed by atoms with van der Waals surface area (Å²) in [5.41, 5.74) is 0. The molecular formula is C83H168N4O15P2. The second-order valence-electron chi connectivity index (χ2n) is 30.0. The molecule has 0 bridgehead atoms. The van der Waals surface area contributed by atoms with Crippen LogP contribution < -0.4 is 21.3 Å². The van der Waals surface area contributed by atoms with Gasteiger partial charge in [0, 0.05) is 38.8 Å². The summed E-state index contributed by atoms with van der Waals surface area (Å²) < 4.78 is 72.4. The molecule has 0 saturated carbocycles. The molecular weight excluding hydrogens is 1350 g/mol. The molecule has 0 rings (SSSR count). The fraction of sp³-hybridized carbons (Fsp3) is 0.964. The summed E-state index contributed by atoms with van der Waals surface area (Å²) in [6.45, 7) is 14.7. The Balaban J connectivity index is 5.42. The molecule has 6 atom stereocenters. The van der Waals surface area contributed by atoms with E-state index in [1.807, 2.05) is 0 Å². The van der Waals surface area contributed by atoms with E-state index in [1.54, 1.807) is 0 Å². The average Bonchev–Trinajstić information content (AvgIpc) is 0.988. The molecule has 6 N–H and O–H groups in total. The van der Waals surface area contributed by atoms with Crippen molar-refractivity contribution in [1.82, 2.24) is 21.3 Å². The Kier molecular flexibility index (Phi) is 78.0. The van der Waals surface area contributed by atoms with Gasteiger partial charge in [0.25, 0.3) is 0 Å². The largest absolute Gasteiger partial charge is 0.472 e. The van der Waals surface area contributed by atoms with Crippen molar-refractivity contribution < 1.29 is 70.3 Å². The minimum absolute atomic E-state index is 0.130. The van der Waals surface area contributed by atoms with Gasteiger partial charge in [0.05, 0.1) is 64.9 Å². The highest BCUT2D eigenvalue weighted by Gasteiger charge is 2.26. The molecule has 2 unspecified atom stereocenters. The lowest BCUT2D eigenvalue weighted by Gasteiger charge is -2.22. The average molecular weight is 1520 g/mol. The van der Waals surface area contributed by atoms with Gasteiger partial charge in [-0.05, 0) is 64.5 Å². The Bertz CT molecular complexity index is 1800. The molecule has 0 heterocycles. The molecule has 0 aliphatic rings. The highest BCUT2D eigenvalue weighted by Crippen LogP contribution is 2.44. The Labute approximate surface area is 639 Å². The van der Waals surface area contributed by atoms with Crippen LogP contribution in [0.2, 0.25) is 0 Å². The lowest BCUT2D eigenvalue weighted by Crippen LogP contribution is -2.39. The number of hydrogen-bond acceptors (Lipinski definition) is 15. The molecule has 0 spiro atoms. The van der Waals surface area contributed by atoms with Crippen molar-refractivity contribution in [1.29, 1.82) is 0 Å². The first kappa shape index (κ1) is 102. The number of carbonyl (C=O) groups is 3. The molecule has 0 aromatic heterocycles. The standard InChI is InChI=1S/C83H168N4O15P2/c1-7-13-19-25-29-33-35-37-41-45-51-57-65-84-77(73-95-69-63-79(59-53-47-23-17-11-5)101-81(88)61-55-49-43-39-31-27-21-15-9-3)75-99-103(91,92)97-71-67-86-83(90)87-68-72-98-104(93,94)100-76-78(85-66-58-52-46-42-38-36-34-30-26-20-14-8-2)74-96-70-64-80(60-54-48-24-18-12-6)102-82(89)62-56-50-44-40-32-28-22-16-10-4/h77-80,84-85H,7-76H2,1-6H3,(H,91,92)(H,93,94)(H2,86,87,90)/t77-,78-,79-,80-/m1/s1. The van der Waals surface area contributed by atoms with Gasteiger partial charge in [-0.15, -0.1) is 0 Å². The lowest BCUT2D eigenvalue weighted by atomic mass is 10.1. The summed E-state index contributed by atoms with van der Waals surface area (Å²) in [7, 11) is -9.10. The maximum Gasteiger partial charge on any atom is 0.472 e. The monoisotopic (exact) mass is 1520 g/mol. The molecule has 0 aliphatic heterocycles. The Morgan fingerprint density at radius 3 is 0.817 bits per heavy atom. The van der Waals surface area contributed by atoms with Crippen molar-refractivity contribution in [3.8, 4) is 0 Å². The van der Waals surface area contributed by atoms with Crippen molar-refractivity contribution in [2.75, 3.05) is 79.0 Å². The van der Waals surface area contributed by atoms with Gasteiger partial charge in [0.2, 0.25) is 0 Å². The molecule has 0 aliphatic carbocycles. The van der Waals surface area contributed by atoms with Gasteiger partial charge in [-0.2, -0.15) is 0 Å². The van der Waals surface area contributed by atoms with Crippen LogP contribution in [0.1, 0.15) is 414 Å². The summed E-state index contributed by atoms with van der Waals surface area (Å²) in [6, 6.07) is -1.47. The van der Waals surface area contributed by atoms with Crippen molar-refractivity contribution in [3.63, 3.8) is 0 Å². The number of phosphoric ester groups is 2. The molecule has 620 valence electrons. The van der Waals surface area contributed by atoms with Crippen LogP contribution in [0.3, 0.4) is 0 Å². The number of nitrogens with one attached hydrogen (secondary N) is 4. The molecule has 21 heteroatoms. The van der Waals surface area contributed by atoms with E-state index in [9.17, 15) is 33.3 Å². The third-order valence-corrected chi connectivity index (χ3v) is 21.7. The predicted molar refractivity (Wildman–Crippen MR) is 432 cm³/mol. The molecule has 0 aromatic rings. The number of unbranched alkanes of at least 4 members (excludes halogenated alkanes) is 46. The smallest absolute Gasteiger partial charge is 0.462 e. The van der Waals surface area contributed by atoms with Crippen molar-refractivity contribution in [2.24, 2.45) is 0 Å². The maximum atomic E-state index is 13.2. The fourth-order valence-corrected chi connectivity index (χ4v) is 14.6. The first-order chi connectivity index (χ1) is 50.7. The van der Waals surface area contributed by atoms with E-state index in [-0.39, 0.29) is 76.9 Å². The topological polar surface area (TPSA) is 248 Å². The second-order valence-corrected chi connectivity index (χ2v) is 32.9. The second kappa shape index (κ2) is 79.4. The predicted octanol–water partition coefficient (Wildman–Crippen LogP) is 23.1. The summed E-state index contributed by atoms with van der Waals surface area (Å²) >= 11 is 0. The van der Waals surface area contributed by atoms with E-state index >= 15 is 0 Å². The number of phosphoric acid groups is 2. The molecule has 0 radical (unpaired) electrons. The third kappa shape index (κ3) is 75.7. The summed E-state index contributed by atoms with van der Waals surface area (Å²) in [5.74, 6) is -0.280. The zero-order chi connectivity index (χ0) is 76.0. The summed E-state index contributed by atoms with van der Waals surface area (Å²) in [6.07, 6.45) is 65.4. The van der Waals surface area contributed by atoms with Crippen LogP contribution in [-0.2, 0) is 55.8 Å². The Morgan fingerprint density at radius 2 is 0.538 bits per heavy atom. The highest BCUT2D eigenvalue weighted by atomic mass is 31.2. The number of carbonyl (C=O) groups excluding carboxylic acids is 3. The fourth-order valence-electron chi connectivity index (χ4n) is 13.0. The van der Waals surface area contributed by atoms with E-state index in [2.05, 4.69) is 62.8 Å². The molecule has 2 amide bonds. The zero-order valence-corrected chi connectivity index (χ0v) is 70.2. The Hall–Kier alpha value is -1.73. The van der Waals surface area contributed by atoms with Crippen molar-refractivity contribution >= 4 is 33.6 Å². The van der Waals surface area contributed by atoms with Gasteiger partial charge >= 0.3 is 33.6 Å². The number of rotatable bonds is 86. The van der Waals surface area contributed by atoms with Crippen LogP contribution in [0.25, 0.3) is 0 Å². The van der Waals surface area contributed by atoms with Gasteiger partial charge < -0.3 is 50.0 Å². The normalized spacial score (nSPS) is 14.1. The van der Waals surface area contributed by atoms with Crippen molar-refractivity contribution in [3.05, 3.63) is 0 Å². The number of urea groups is 1. The van der Waals surface area contributed by atoms with Crippen LogP contribution in [0.15, 0.2) is 0 Å². The van der Waals surface area contributed by atoms with Crippen LogP contribution in [0, 0.1) is 0 Å². The third-order valence-electron chi connectivity index (χ3n) is 19.7. The Morgan fingerprint density at radius 1 is 0.288 bits per heavy atom. The quantitative estimate of drug-likeness (QED) is 0.0188. The minimum Gasteiger partial charge on any atom is -0.462 e. The molecule has 0 aromatic carbocycles. The van der Waals surface area contributed by atoms with Crippen molar-refractivity contribution in [2.45, 2.75) is 438 Å². The van der Waals surface area contributed by atoms with Gasteiger partial charge in [-0.25, -0.2) is 13.9 Å². The van der Waals surface area contributed by atoms with E-state index in [1.165, 1.54) is 205 Å². The molecule has 104 heavy (non-hydrogen) atoms. The number of amides is 2. The molecule has 0 fully saturated rings. The first-order valence-electron chi connectivity index (χ1n) is 44.0. The molecule has 19 nitrogen and oxygen atoms in total. The summed E-state index contributed by atoms with van der Waals surface area (Å²) in [4.78, 5) is 60.3. The van der Waals surface area contributed by atoms with E-state index in [0.717, 1.165) is 141 Å². The zero-order valence-electron chi connectivity index (χ0n) is 68.4. The lowest BCUT2D eigenvalue weighted by molar-refractivity contribution is -0.151. The number of esters is 2. The minimum atomic E-state index is -4.55. The molecule has 0 saturated heterocycles. The van der Waals surface area contributed by atoms with E-state index in [4.69, 9.17) is 37.0 Å². The van der Waals surface area contributed by atoms with Crippen LogP contribution in [0.5, 0.6) is 0 Å². The number of ether oxygens (including phenoxy) is 4. The van der Waals surface area contributed by atoms with Gasteiger partial charge in [0.1, 0.15) is 12.2 Å². The van der Waals surface area contributed by atoms with E-state index in [0.29, 0.717) is 52.0 Å². The maximum absolute atomic E-state index is 13.2. The van der Waals surface area contributed by atoms with Gasteiger partial charge in [-0.1, -0.05) is 337 Å². The number of hydrogen-bond donors (Lipinski definition) is 6. The van der Waals surface area contributed by atoms with Crippen LogP contribution in [-0.4, -0.2) is 131 Å². The summed E-state index contributed by atoms with van der Waals surface area (Å²) in [5, 5.41) is 12.1.